The van der Waals surface area contributed by atoms with E-state index < -0.39 is 0 Å². The van der Waals surface area contributed by atoms with Crippen LogP contribution in [0.1, 0.15) is 35.8 Å². The number of fused-ring (bicyclic) bond motifs is 5. The molecule has 2 bridgehead atoms. The summed E-state index contributed by atoms with van der Waals surface area (Å²) in [6, 6.07) is 8.10. The molecule has 1 aliphatic heterocycles. The van der Waals surface area contributed by atoms with Crippen LogP contribution in [0.4, 0.5) is 0 Å². The van der Waals surface area contributed by atoms with Crippen molar-refractivity contribution < 1.29 is 14.3 Å². The zero-order valence-electron chi connectivity index (χ0n) is 15.6. The Kier molecular flexibility index (Phi) is 4.35. The Morgan fingerprint density at radius 1 is 1.31 bits per heavy atom. The summed E-state index contributed by atoms with van der Waals surface area (Å²) >= 11 is 0. The van der Waals surface area contributed by atoms with Crippen molar-refractivity contribution >= 4 is 22.7 Å². The molecule has 5 nitrogen and oxygen atoms in total. The number of carbonyl (C=O) groups excluding carboxylic acids is 2. The second-order valence-electron chi connectivity index (χ2n) is 7.74. The first-order chi connectivity index (χ1) is 12.5. The zero-order chi connectivity index (χ0) is 18.4. The maximum Gasteiger partial charge on any atom is 0.310 e. The molecule has 2 aromatic rings. The number of ketones is 1. The number of para-hydroxylation sites is 1. The minimum atomic E-state index is -0.255. The summed E-state index contributed by atoms with van der Waals surface area (Å²) in [6.45, 7) is 3.06. The Morgan fingerprint density at radius 2 is 2.08 bits per heavy atom. The van der Waals surface area contributed by atoms with E-state index in [4.69, 9.17) is 4.74 Å². The lowest BCUT2D eigenvalue weighted by atomic mass is 9.67. The number of rotatable bonds is 2. The standard InChI is InChI=1S/C21H26N2O3/c1-4-12-11-23(2)17-9-15-13-7-5-6-8-16(13)22-20(15)18(24)10-14(12)19(17)21(25)26-3/h5-8,12,14,17,19,22H,4,9-11H2,1-3H3/t12-,14+,17+,19?/m0/s1. The largest absolute Gasteiger partial charge is 0.469 e. The van der Waals surface area contributed by atoms with Crippen molar-refractivity contribution in [3.8, 4) is 0 Å². The Morgan fingerprint density at radius 3 is 2.81 bits per heavy atom. The van der Waals surface area contributed by atoms with Gasteiger partial charge < -0.3 is 14.6 Å². The van der Waals surface area contributed by atoms with E-state index in [1.807, 2.05) is 18.2 Å². The molecule has 138 valence electrons. The molecule has 5 heteroatoms. The summed E-state index contributed by atoms with van der Waals surface area (Å²) in [5.41, 5.74) is 2.77. The maximum absolute atomic E-state index is 13.1. The number of methoxy groups -OCH3 is 1. The van der Waals surface area contributed by atoms with Crippen LogP contribution in [-0.2, 0) is 16.0 Å². The number of H-pyrrole nitrogens is 1. The van der Waals surface area contributed by atoms with Crippen molar-refractivity contribution in [1.82, 2.24) is 9.88 Å². The topological polar surface area (TPSA) is 62.4 Å². The number of aromatic amines is 1. The van der Waals surface area contributed by atoms with E-state index in [1.54, 1.807) is 0 Å². The molecule has 0 amide bonds. The lowest BCUT2D eigenvalue weighted by Gasteiger charge is -2.47. The molecule has 0 spiro atoms. The molecule has 1 unspecified atom stereocenters. The highest BCUT2D eigenvalue weighted by Crippen LogP contribution is 2.42. The van der Waals surface area contributed by atoms with Gasteiger partial charge in [0.15, 0.2) is 5.78 Å². The lowest BCUT2D eigenvalue weighted by molar-refractivity contribution is -0.154. The minimum Gasteiger partial charge on any atom is -0.469 e. The molecule has 4 atom stereocenters. The van der Waals surface area contributed by atoms with Crippen LogP contribution >= 0.6 is 0 Å². The predicted molar refractivity (Wildman–Crippen MR) is 100 cm³/mol. The monoisotopic (exact) mass is 354 g/mol. The molecule has 0 radical (unpaired) electrons. The number of Topliss-reactive ketones (excluding diaryl/α,β-unsaturated/α-hetero) is 1. The number of hydrogen-bond acceptors (Lipinski definition) is 4. The number of carbonyl (C=O) groups is 2. The molecular weight excluding hydrogens is 328 g/mol. The molecule has 2 aliphatic rings. The van der Waals surface area contributed by atoms with Crippen molar-refractivity contribution in [1.29, 1.82) is 0 Å². The SMILES string of the molecule is CC[C@H]1CN(C)[C@@H]2Cc3c([nH]c4ccccc34)C(=O)C[C@H]1C2C(=O)OC. The third-order valence-corrected chi connectivity index (χ3v) is 6.49. The Bertz CT molecular complexity index is 856. The Labute approximate surface area is 153 Å². The fourth-order valence-electron chi connectivity index (χ4n) is 5.15. The summed E-state index contributed by atoms with van der Waals surface area (Å²) in [5, 5.41) is 1.09. The first-order valence-corrected chi connectivity index (χ1v) is 9.46. The third-order valence-electron chi connectivity index (χ3n) is 6.49. The van der Waals surface area contributed by atoms with Gasteiger partial charge in [0.05, 0.1) is 18.7 Å². The summed E-state index contributed by atoms with van der Waals surface area (Å²) in [5.74, 6) is 0.0584. The van der Waals surface area contributed by atoms with E-state index in [-0.39, 0.29) is 29.6 Å². The normalized spacial score (nSPS) is 29.1. The number of piperidine rings is 1. The van der Waals surface area contributed by atoms with Gasteiger partial charge in [0.25, 0.3) is 0 Å². The van der Waals surface area contributed by atoms with Crippen LogP contribution in [0, 0.1) is 17.8 Å². The molecule has 1 saturated heterocycles. The second-order valence-corrected chi connectivity index (χ2v) is 7.74. The number of ether oxygens (including phenoxy) is 1. The Balaban J connectivity index is 1.88. The summed E-state index contributed by atoms with van der Waals surface area (Å²) in [4.78, 5) is 31.5. The molecular formula is C21H26N2O3. The molecule has 1 aromatic carbocycles. The minimum absolute atomic E-state index is 0.0423. The van der Waals surface area contributed by atoms with E-state index in [2.05, 4.69) is 29.9 Å². The first kappa shape index (κ1) is 17.3. The number of hydrogen-bond donors (Lipinski definition) is 1. The molecule has 2 heterocycles. The van der Waals surface area contributed by atoms with Crippen molar-refractivity contribution in [3.63, 3.8) is 0 Å². The molecule has 1 fully saturated rings. The Hall–Kier alpha value is -2.14. The second kappa shape index (κ2) is 6.54. The highest BCUT2D eigenvalue weighted by Gasteiger charge is 2.48. The predicted octanol–water partition coefficient (Wildman–Crippen LogP) is 3.04. The maximum atomic E-state index is 13.1. The van der Waals surface area contributed by atoms with Gasteiger partial charge in [-0.3, -0.25) is 9.59 Å². The van der Waals surface area contributed by atoms with Gasteiger partial charge in [-0.05, 0) is 36.9 Å². The summed E-state index contributed by atoms with van der Waals surface area (Å²) in [7, 11) is 3.55. The molecule has 1 aromatic heterocycles. The number of esters is 1. The lowest BCUT2D eigenvalue weighted by Crippen LogP contribution is -2.56. The van der Waals surface area contributed by atoms with Gasteiger partial charge >= 0.3 is 5.97 Å². The highest BCUT2D eigenvalue weighted by molar-refractivity contribution is 6.03. The fraction of sp³-hybridized carbons (Fsp3) is 0.524. The molecule has 1 aliphatic carbocycles. The fourth-order valence-corrected chi connectivity index (χ4v) is 5.15. The number of benzene rings is 1. The highest BCUT2D eigenvalue weighted by atomic mass is 16.5. The van der Waals surface area contributed by atoms with E-state index in [0.717, 1.165) is 35.1 Å². The van der Waals surface area contributed by atoms with Crippen LogP contribution in [0.5, 0.6) is 0 Å². The van der Waals surface area contributed by atoms with Crippen molar-refractivity contribution in [2.24, 2.45) is 17.8 Å². The average Bonchev–Trinajstić information content (AvgIpc) is 3.01. The summed E-state index contributed by atoms with van der Waals surface area (Å²) < 4.78 is 5.17. The van der Waals surface area contributed by atoms with Gasteiger partial charge in [0, 0.05) is 29.9 Å². The summed E-state index contributed by atoms with van der Waals surface area (Å²) in [6.07, 6.45) is 2.05. The van der Waals surface area contributed by atoms with Crippen LogP contribution in [-0.4, -0.2) is 48.4 Å². The van der Waals surface area contributed by atoms with Gasteiger partial charge in [0.1, 0.15) is 0 Å². The van der Waals surface area contributed by atoms with Crippen molar-refractivity contribution in [3.05, 3.63) is 35.5 Å². The third kappa shape index (κ3) is 2.57. The quantitative estimate of drug-likeness (QED) is 0.842. The zero-order valence-corrected chi connectivity index (χ0v) is 15.6. The van der Waals surface area contributed by atoms with Crippen LogP contribution < -0.4 is 0 Å². The van der Waals surface area contributed by atoms with E-state index in [0.29, 0.717) is 18.8 Å². The first-order valence-electron chi connectivity index (χ1n) is 9.46. The van der Waals surface area contributed by atoms with E-state index in [9.17, 15) is 9.59 Å². The molecule has 1 N–H and O–H groups in total. The number of nitrogens with one attached hydrogen (secondary N) is 1. The van der Waals surface area contributed by atoms with E-state index in [1.165, 1.54) is 7.11 Å². The van der Waals surface area contributed by atoms with Crippen LogP contribution in [0.3, 0.4) is 0 Å². The van der Waals surface area contributed by atoms with Gasteiger partial charge in [-0.25, -0.2) is 0 Å². The van der Waals surface area contributed by atoms with Crippen LogP contribution in [0.15, 0.2) is 24.3 Å². The van der Waals surface area contributed by atoms with Crippen LogP contribution in [0.2, 0.25) is 0 Å². The van der Waals surface area contributed by atoms with Gasteiger partial charge in [-0.1, -0.05) is 31.5 Å². The number of likely N-dealkylation sites (tertiary alicyclic amines) is 1. The number of likely N-dealkylation sites (N-methyl/N-ethyl adjacent to an activating group) is 1. The van der Waals surface area contributed by atoms with Crippen molar-refractivity contribution in [2.45, 2.75) is 32.2 Å². The smallest absolute Gasteiger partial charge is 0.310 e. The van der Waals surface area contributed by atoms with Crippen molar-refractivity contribution in [2.75, 3.05) is 20.7 Å². The van der Waals surface area contributed by atoms with Crippen LogP contribution in [0.25, 0.3) is 10.9 Å². The van der Waals surface area contributed by atoms with E-state index >= 15 is 0 Å². The average molecular weight is 354 g/mol. The molecule has 4 rings (SSSR count). The van der Waals surface area contributed by atoms with Gasteiger partial charge in [0.2, 0.25) is 0 Å². The molecule has 0 saturated carbocycles. The molecule has 26 heavy (non-hydrogen) atoms. The van der Waals surface area contributed by atoms with Gasteiger partial charge in [-0.2, -0.15) is 0 Å². The number of aromatic nitrogens is 1. The number of nitrogens with zero attached hydrogens (tertiary/aromatic N) is 1. The van der Waals surface area contributed by atoms with Gasteiger partial charge in [-0.15, -0.1) is 0 Å².